The number of pyridine rings is 2. The van der Waals surface area contributed by atoms with Crippen molar-refractivity contribution in [1.82, 2.24) is 9.97 Å². The summed E-state index contributed by atoms with van der Waals surface area (Å²) in [6.45, 7) is 1.42. The normalized spacial score (nSPS) is 24.4. The molecule has 0 radical (unpaired) electrons. The molecule has 2 atom stereocenters. The number of hydrogen-bond acceptors (Lipinski definition) is 4. The Morgan fingerprint density at radius 2 is 2.18 bits per heavy atom. The van der Waals surface area contributed by atoms with Gasteiger partial charge in [0.1, 0.15) is 5.67 Å². The van der Waals surface area contributed by atoms with Crippen molar-refractivity contribution >= 4 is 35.2 Å². The van der Waals surface area contributed by atoms with Crippen LogP contribution >= 0.6 is 11.6 Å². The van der Waals surface area contributed by atoms with E-state index < -0.39 is 18.7 Å². The standard InChI is InChI=1S/C15H13BClFN2O2/c1-15(18)5-4-9(17)7-11(15)13-8-12(16(21)22)10-3-2-6-19-14(10)20-13/h2-8,11,21-22H,1H3. The highest BCUT2D eigenvalue weighted by Gasteiger charge is 2.36. The molecule has 2 aromatic rings. The summed E-state index contributed by atoms with van der Waals surface area (Å²) in [5, 5.41) is 20.1. The van der Waals surface area contributed by atoms with Gasteiger partial charge in [0, 0.05) is 16.6 Å². The van der Waals surface area contributed by atoms with Crippen molar-refractivity contribution in [2.24, 2.45) is 0 Å². The van der Waals surface area contributed by atoms with Crippen molar-refractivity contribution < 1.29 is 14.4 Å². The van der Waals surface area contributed by atoms with Gasteiger partial charge in [-0.05, 0) is 36.7 Å². The van der Waals surface area contributed by atoms with Crippen LogP contribution < -0.4 is 5.46 Å². The van der Waals surface area contributed by atoms with Crippen LogP contribution in [0.4, 0.5) is 4.39 Å². The second-order valence-corrected chi connectivity index (χ2v) is 5.83. The van der Waals surface area contributed by atoms with E-state index in [0.29, 0.717) is 21.8 Å². The van der Waals surface area contributed by atoms with Gasteiger partial charge in [-0.3, -0.25) is 0 Å². The SMILES string of the molecule is CC1(F)C=CC(Cl)=CC1c1cc(B(O)O)c2cccnc2n1. The lowest BCUT2D eigenvalue weighted by molar-refractivity contribution is 0.228. The molecule has 0 bridgehead atoms. The Morgan fingerprint density at radius 1 is 1.41 bits per heavy atom. The lowest BCUT2D eigenvalue weighted by atomic mass is 9.76. The summed E-state index contributed by atoms with van der Waals surface area (Å²) >= 11 is 5.97. The highest BCUT2D eigenvalue weighted by atomic mass is 35.5. The second-order valence-electron chi connectivity index (χ2n) is 5.40. The molecule has 2 unspecified atom stereocenters. The van der Waals surface area contributed by atoms with Gasteiger partial charge in [-0.2, -0.15) is 0 Å². The number of alkyl halides is 1. The number of halogens is 2. The number of fused-ring (bicyclic) bond motifs is 1. The van der Waals surface area contributed by atoms with Crippen molar-refractivity contribution in [3.8, 4) is 0 Å². The van der Waals surface area contributed by atoms with Gasteiger partial charge in [-0.1, -0.05) is 23.7 Å². The van der Waals surface area contributed by atoms with Crippen molar-refractivity contribution in [3.05, 3.63) is 53.4 Å². The average Bonchev–Trinajstić information content (AvgIpc) is 2.48. The molecule has 2 N–H and O–H groups in total. The van der Waals surface area contributed by atoms with Crippen LogP contribution in [0.5, 0.6) is 0 Å². The average molecular weight is 319 g/mol. The summed E-state index contributed by atoms with van der Waals surface area (Å²) in [6.07, 6.45) is 5.98. The zero-order chi connectivity index (χ0) is 15.9. The van der Waals surface area contributed by atoms with Crippen LogP contribution in [0.25, 0.3) is 11.0 Å². The molecule has 1 aliphatic carbocycles. The summed E-state index contributed by atoms with van der Waals surface area (Å²) in [6, 6.07) is 4.85. The van der Waals surface area contributed by atoms with Gasteiger partial charge in [-0.25, -0.2) is 14.4 Å². The number of nitrogens with zero attached hydrogens (tertiary/aromatic N) is 2. The zero-order valence-electron chi connectivity index (χ0n) is 11.7. The third-order valence-electron chi connectivity index (χ3n) is 3.74. The van der Waals surface area contributed by atoms with Gasteiger partial charge < -0.3 is 10.0 Å². The quantitative estimate of drug-likeness (QED) is 0.829. The number of aromatic nitrogens is 2. The third kappa shape index (κ3) is 2.65. The van der Waals surface area contributed by atoms with Crippen LogP contribution in [0, 0.1) is 0 Å². The molecule has 0 amide bonds. The Balaban J connectivity index is 2.21. The van der Waals surface area contributed by atoms with Gasteiger partial charge in [0.05, 0.1) is 11.6 Å². The fourth-order valence-electron chi connectivity index (χ4n) is 2.57. The molecule has 1 aliphatic rings. The Bertz CT molecular complexity index is 792. The second kappa shape index (κ2) is 5.46. The van der Waals surface area contributed by atoms with Crippen LogP contribution in [0.3, 0.4) is 0 Å². The lowest BCUT2D eigenvalue weighted by Gasteiger charge is -2.28. The molecule has 0 aliphatic heterocycles. The Hall–Kier alpha value is -1.76. The zero-order valence-corrected chi connectivity index (χ0v) is 12.5. The first-order valence-corrected chi connectivity index (χ1v) is 7.13. The Morgan fingerprint density at radius 3 is 2.91 bits per heavy atom. The maximum absolute atomic E-state index is 14.8. The molecule has 0 fully saturated rings. The van der Waals surface area contributed by atoms with E-state index in [1.165, 1.54) is 25.1 Å². The van der Waals surface area contributed by atoms with E-state index in [1.54, 1.807) is 24.4 Å². The van der Waals surface area contributed by atoms with Gasteiger partial charge in [0.15, 0.2) is 5.65 Å². The number of rotatable bonds is 2. The summed E-state index contributed by atoms with van der Waals surface area (Å²) in [7, 11) is -1.70. The maximum atomic E-state index is 14.8. The van der Waals surface area contributed by atoms with Gasteiger partial charge >= 0.3 is 7.12 Å². The molecule has 7 heteroatoms. The molecule has 22 heavy (non-hydrogen) atoms. The van der Waals surface area contributed by atoms with Gasteiger partial charge in [0.2, 0.25) is 0 Å². The molecule has 4 nitrogen and oxygen atoms in total. The van der Waals surface area contributed by atoms with E-state index in [0.717, 1.165) is 0 Å². The van der Waals surface area contributed by atoms with Crippen molar-refractivity contribution in [3.63, 3.8) is 0 Å². The van der Waals surface area contributed by atoms with Crippen LogP contribution in [0.2, 0.25) is 0 Å². The monoisotopic (exact) mass is 318 g/mol. The first-order chi connectivity index (χ1) is 10.4. The van der Waals surface area contributed by atoms with E-state index in [1.807, 2.05) is 0 Å². The smallest absolute Gasteiger partial charge is 0.423 e. The topological polar surface area (TPSA) is 66.2 Å². The fourth-order valence-corrected chi connectivity index (χ4v) is 2.76. The van der Waals surface area contributed by atoms with Crippen molar-refractivity contribution in [1.29, 1.82) is 0 Å². The molecule has 0 saturated carbocycles. The molecule has 2 heterocycles. The molecule has 3 rings (SSSR count). The van der Waals surface area contributed by atoms with Crippen molar-refractivity contribution in [2.45, 2.75) is 18.5 Å². The van der Waals surface area contributed by atoms with E-state index in [-0.39, 0.29) is 5.46 Å². The minimum absolute atomic E-state index is 0.239. The first kappa shape index (κ1) is 15.2. The predicted octanol–water partition coefficient (Wildman–Crippen LogP) is 1.81. The largest absolute Gasteiger partial charge is 0.489 e. The minimum atomic E-state index is -1.70. The van der Waals surface area contributed by atoms with Crippen LogP contribution in [-0.4, -0.2) is 32.8 Å². The third-order valence-corrected chi connectivity index (χ3v) is 3.99. The van der Waals surface area contributed by atoms with Gasteiger partial charge in [0.25, 0.3) is 0 Å². The first-order valence-electron chi connectivity index (χ1n) is 6.75. The Labute approximate surface area is 132 Å². The molecular formula is C15H13BClFN2O2. The lowest BCUT2D eigenvalue weighted by Crippen LogP contribution is -2.34. The highest BCUT2D eigenvalue weighted by molar-refractivity contribution is 6.61. The summed E-state index contributed by atoms with van der Waals surface area (Å²) in [4.78, 5) is 8.48. The molecule has 0 aromatic carbocycles. The minimum Gasteiger partial charge on any atom is -0.423 e. The summed E-state index contributed by atoms with van der Waals surface area (Å²) in [5.41, 5.74) is -0.756. The van der Waals surface area contributed by atoms with Crippen LogP contribution in [0.1, 0.15) is 18.5 Å². The van der Waals surface area contributed by atoms with E-state index in [4.69, 9.17) is 11.6 Å². The van der Waals surface area contributed by atoms with E-state index in [2.05, 4.69) is 9.97 Å². The summed E-state index contributed by atoms with van der Waals surface area (Å²) in [5.74, 6) is -0.728. The summed E-state index contributed by atoms with van der Waals surface area (Å²) < 4.78 is 14.8. The molecule has 112 valence electrons. The highest BCUT2D eigenvalue weighted by Crippen LogP contribution is 2.38. The molecule has 0 saturated heterocycles. The van der Waals surface area contributed by atoms with Crippen LogP contribution in [0.15, 0.2) is 47.7 Å². The fraction of sp³-hybridized carbons (Fsp3) is 0.200. The Kier molecular flexibility index (Phi) is 3.76. The molecular weight excluding hydrogens is 305 g/mol. The van der Waals surface area contributed by atoms with Crippen molar-refractivity contribution in [2.75, 3.05) is 0 Å². The molecule has 0 spiro atoms. The number of hydrogen-bond donors (Lipinski definition) is 2. The van der Waals surface area contributed by atoms with E-state index >= 15 is 0 Å². The number of allylic oxidation sites excluding steroid dienone is 4. The molecule has 2 aromatic heterocycles. The predicted molar refractivity (Wildman–Crippen MR) is 84.7 cm³/mol. The van der Waals surface area contributed by atoms with Gasteiger partial charge in [-0.15, -0.1) is 0 Å². The maximum Gasteiger partial charge on any atom is 0.489 e. The van der Waals surface area contributed by atoms with E-state index in [9.17, 15) is 14.4 Å². The van der Waals surface area contributed by atoms with Crippen LogP contribution in [-0.2, 0) is 0 Å².